The second kappa shape index (κ2) is 7.90. The minimum absolute atomic E-state index is 0.0911. The van der Waals surface area contributed by atoms with Gasteiger partial charge in [0.05, 0.1) is 7.11 Å². The van der Waals surface area contributed by atoms with E-state index in [4.69, 9.17) is 4.74 Å². The summed E-state index contributed by atoms with van der Waals surface area (Å²) in [5.41, 5.74) is 1.28. The predicted molar refractivity (Wildman–Crippen MR) is 88.4 cm³/mol. The summed E-state index contributed by atoms with van der Waals surface area (Å²) in [7, 11) is 1.69. The number of tetrazole rings is 1. The number of aromatic nitrogens is 4. The summed E-state index contributed by atoms with van der Waals surface area (Å²) in [4.78, 5) is 14.3. The van der Waals surface area contributed by atoms with Crippen molar-refractivity contribution in [1.29, 1.82) is 0 Å². The van der Waals surface area contributed by atoms with Gasteiger partial charge in [-0.1, -0.05) is 12.1 Å². The smallest absolute Gasteiger partial charge is 0.244 e. The van der Waals surface area contributed by atoms with Gasteiger partial charge in [-0.15, -0.1) is 5.10 Å². The zero-order valence-corrected chi connectivity index (χ0v) is 14.0. The standard InChI is InChI=1S/C17H23N5O2/c1-24-16-6-2-4-14(10-16)7-8-15-5-3-9-21(11-15)17(23)12-22-13-18-19-20-22/h2,4,6,10,13,15H,3,5,7-9,11-12H2,1H3/t15-/m0/s1. The zero-order chi connectivity index (χ0) is 16.8. The predicted octanol–water partition coefficient (Wildman–Crippen LogP) is 1.55. The van der Waals surface area contributed by atoms with Gasteiger partial charge in [-0.2, -0.15) is 0 Å². The molecular formula is C17H23N5O2. The molecule has 7 nitrogen and oxygen atoms in total. The zero-order valence-electron chi connectivity index (χ0n) is 14.0. The van der Waals surface area contributed by atoms with Crippen molar-refractivity contribution >= 4 is 5.91 Å². The Morgan fingerprint density at radius 2 is 2.33 bits per heavy atom. The van der Waals surface area contributed by atoms with Crippen LogP contribution in [0.2, 0.25) is 0 Å². The molecule has 2 aromatic rings. The summed E-state index contributed by atoms with van der Waals surface area (Å²) in [6, 6.07) is 8.20. The molecule has 0 N–H and O–H groups in total. The van der Waals surface area contributed by atoms with E-state index in [0.29, 0.717) is 5.92 Å². The van der Waals surface area contributed by atoms with Gasteiger partial charge in [-0.3, -0.25) is 4.79 Å². The van der Waals surface area contributed by atoms with Crippen LogP contribution in [0.3, 0.4) is 0 Å². The van der Waals surface area contributed by atoms with Crippen LogP contribution in [0.1, 0.15) is 24.8 Å². The van der Waals surface area contributed by atoms with Crippen LogP contribution < -0.4 is 4.74 Å². The van der Waals surface area contributed by atoms with E-state index in [-0.39, 0.29) is 12.5 Å². The van der Waals surface area contributed by atoms with E-state index < -0.39 is 0 Å². The van der Waals surface area contributed by atoms with E-state index in [9.17, 15) is 4.79 Å². The number of nitrogens with zero attached hydrogens (tertiary/aromatic N) is 5. The first-order valence-corrected chi connectivity index (χ1v) is 8.36. The fraction of sp³-hybridized carbons (Fsp3) is 0.529. The van der Waals surface area contributed by atoms with Crippen LogP contribution in [0.25, 0.3) is 0 Å². The minimum atomic E-state index is 0.0911. The first kappa shape index (κ1) is 16.4. The number of hydrogen-bond donors (Lipinski definition) is 0. The van der Waals surface area contributed by atoms with E-state index in [0.717, 1.165) is 38.1 Å². The molecule has 1 atom stereocenters. The number of hydrogen-bond acceptors (Lipinski definition) is 5. The normalized spacial score (nSPS) is 17.7. The highest BCUT2D eigenvalue weighted by Crippen LogP contribution is 2.23. The lowest BCUT2D eigenvalue weighted by molar-refractivity contribution is -0.133. The van der Waals surface area contributed by atoms with Gasteiger partial charge in [-0.05, 0) is 59.7 Å². The highest BCUT2D eigenvalue weighted by molar-refractivity contribution is 5.75. The van der Waals surface area contributed by atoms with Crippen molar-refractivity contribution < 1.29 is 9.53 Å². The first-order chi connectivity index (χ1) is 11.7. The first-order valence-electron chi connectivity index (χ1n) is 8.36. The minimum Gasteiger partial charge on any atom is -0.497 e. The number of methoxy groups -OCH3 is 1. The molecule has 1 aliphatic heterocycles. The lowest BCUT2D eigenvalue weighted by Gasteiger charge is -2.32. The largest absolute Gasteiger partial charge is 0.497 e. The highest BCUT2D eigenvalue weighted by atomic mass is 16.5. The second-order valence-electron chi connectivity index (χ2n) is 6.25. The molecule has 2 heterocycles. The number of likely N-dealkylation sites (tertiary alicyclic amines) is 1. The number of aryl methyl sites for hydroxylation is 1. The molecule has 0 aliphatic carbocycles. The molecule has 1 fully saturated rings. The van der Waals surface area contributed by atoms with Gasteiger partial charge in [0, 0.05) is 13.1 Å². The third kappa shape index (κ3) is 4.31. The van der Waals surface area contributed by atoms with Crippen LogP contribution >= 0.6 is 0 Å². The molecule has 0 spiro atoms. The molecule has 1 amide bonds. The molecule has 1 aromatic carbocycles. The molecule has 24 heavy (non-hydrogen) atoms. The van der Waals surface area contributed by atoms with Gasteiger partial charge in [0.15, 0.2) is 0 Å². The van der Waals surface area contributed by atoms with Gasteiger partial charge in [0.1, 0.15) is 18.6 Å². The van der Waals surface area contributed by atoms with Crippen molar-refractivity contribution in [1.82, 2.24) is 25.1 Å². The molecule has 1 aliphatic rings. The summed E-state index contributed by atoms with van der Waals surface area (Å²) in [5, 5.41) is 10.9. The number of rotatable bonds is 6. The third-order valence-corrected chi connectivity index (χ3v) is 4.54. The Hall–Kier alpha value is -2.44. The lowest BCUT2D eigenvalue weighted by atomic mass is 9.91. The van der Waals surface area contributed by atoms with E-state index in [1.54, 1.807) is 7.11 Å². The summed E-state index contributed by atoms with van der Waals surface area (Å²) in [6.45, 7) is 1.87. The fourth-order valence-electron chi connectivity index (χ4n) is 3.22. The molecule has 128 valence electrons. The number of carbonyl (C=O) groups is 1. The second-order valence-corrected chi connectivity index (χ2v) is 6.25. The van der Waals surface area contributed by atoms with Gasteiger partial charge < -0.3 is 9.64 Å². The summed E-state index contributed by atoms with van der Waals surface area (Å²) in [5.74, 6) is 1.53. The Bertz CT molecular complexity index is 659. The Labute approximate surface area is 141 Å². The maximum atomic E-state index is 12.4. The van der Waals surface area contributed by atoms with Crippen LogP contribution in [0.5, 0.6) is 5.75 Å². The van der Waals surface area contributed by atoms with Crippen LogP contribution in [0, 0.1) is 5.92 Å². The number of carbonyl (C=O) groups excluding carboxylic acids is 1. The van der Waals surface area contributed by atoms with E-state index in [1.807, 2.05) is 17.0 Å². The number of piperidine rings is 1. The van der Waals surface area contributed by atoms with Crippen molar-refractivity contribution in [3.63, 3.8) is 0 Å². The Morgan fingerprint density at radius 1 is 1.42 bits per heavy atom. The Morgan fingerprint density at radius 3 is 3.12 bits per heavy atom. The molecule has 1 saturated heterocycles. The number of ether oxygens (including phenoxy) is 1. The molecular weight excluding hydrogens is 306 g/mol. The third-order valence-electron chi connectivity index (χ3n) is 4.54. The molecule has 3 rings (SSSR count). The average Bonchev–Trinajstić information content (AvgIpc) is 3.13. The van der Waals surface area contributed by atoms with Crippen LogP contribution in [-0.4, -0.2) is 51.2 Å². The average molecular weight is 329 g/mol. The Balaban J connectivity index is 1.50. The maximum Gasteiger partial charge on any atom is 0.244 e. The summed E-state index contributed by atoms with van der Waals surface area (Å²) in [6.07, 6.45) is 5.81. The molecule has 0 bridgehead atoms. The van der Waals surface area contributed by atoms with Gasteiger partial charge in [0.2, 0.25) is 5.91 Å². The van der Waals surface area contributed by atoms with Crippen LogP contribution in [0.4, 0.5) is 0 Å². The van der Waals surface area contributed by atoms with Gasteiger partial charge >= 0.3 is 0 Å². The van der Waals surface area contributed by atoms with Gasteiger partial charge in [0.25, 0.3) is 0 Å². The van der Waals surface area contributed by atoms with E-state index in [2.05, 4.69) is 27.7 Å². The monoisotopic (exact) mass is 329 g/mol. The quantitative estimate of drug-likeness (QED) is 0.804. The Kier molecular flexibility index (Phi) is 5.40. The van der Waals surface area contributed by atoms with Crippen molar-refractivity contribution in [2.75, 3.05) is 20.2 Å². The van der Waals surface area contributed by atoms with Crippen LogP contribution in [-0.2, 0) is 17.8 Å². The van der Waals surface area contributed by atoms with Crippen molar-refractivity contribution in [3.8, 4) is 5.75 Å². The molecule has 1 aromatic heterocycles. The van der Waals surface area contributed by atoms with E-state index in [1.165, 1.54) is 23.0 Å². The van der Waals surface area contributed by atoms with E-state index >= 15 is 0 Å². The molecule has 7 heteroatoms. The SMILES string of the molecule is COc1cccc(CC[C@@H]2CCCN(C(=O)Cn3cnnn3)C2)c1. The maximum absolute atomic E-state index is 12.4. The number of benzene rings is 1. The van der Waals surface area contributed by atoms with Crippen LogP contribution in [0.15, 0.2) is 30.6 Å². The van der Waals surface area contributed by atoms with Gasteiger partial charge in [-0.25, -0.2) is 4.68 Å². The molecule has 0 radical (unpaired) electrons. The highest BCUT2D eigenvalue weighted by Gasteiger charge is 2.23. The van der Waals surface area contributed by atoms with Crippen molar-refractivity contribution in [2.45, 2.75) is 32.2 Å². The molecule has 0 saturated carbocycles. The summed E-state index contributed by atoms with van der Waals surface area (Å²) >= 11 is 0. The van der Waals surface area contributed by atoms with Crippen molar-refractivity contribution in [2.24, 2.45) is 5.92 Å². The molecule has 0 unspecified atom stereocenters. The fourth-order valence-corrected chi connectivity index (χ4v) is 3.22. The van der Waals surface area contributed by atoms with Crippen molar-refractivity contribution in [3.05, 3.63) is 36.2 Å². The summed E-state index contributed by atoms with van der Waals surface area (Å²) < 4.78 is 6.75. The lowest BCUT2D eigenvalue weighted by Crippen LogP contribution is -2.41. The topological polar surface area (TPSA) is 73.1 Å². The number of amides is 1.